The number of nitrogens with zero attached hydrogens (tertiary/aromatic N) is 4. The Morgan fingerprint density at radius 3 is 3.00 bits per heavy atom. The standard InChI is InChI=1S/C14H21N5O3S/c1-3-23(20,21)16-6-14-9-18(7-12-4-11(2)22-17-12)8-13-5-15-10-19(13)14/h4-5,10,14,16H,3,6-9H2,1-2H3. The average Bonchev–Trinajstić information content (AvgIpc) is 3.14. The minimum absolute atomic E-state index is 0.00979. The molecule has 8 nitrogen and oxygen atoms in total. The van der Waals surface area contributed by atoms with Crippen LogP contribution >= 0.6 is 0 Å². The predicted octanol–water partition coefficient (Wildman–Crippen LogP) is 0.676. The lowest BCUT2D eigenvalue weighted by atomic mass is 10.2. The van der Waals surface area contributed by atoms with E-state index >= 15 is 0 Å². The van der Waals surface area contributed by atoms with E-state index in [1.165, 1.54) is 0 Å². The van der Waals surface area contributed by atoms with E-state index in [4.69, 9.17) is 4.52 Å². The molecule has 0 aliphatic carbocycles. The Balaban J connectivity index is 1.72. The number of hydrogen-bond donors (Lipinski definition) is 1. The molecule has 3 heterocycles. The normalized spacial score (nSPS) is 19.0. The second-order valence-corrected chi connectivity index (χ2v) is 7.89. The van der Waals surface area contributed by atoms with Gasteiger partial charge >= 0.3 is 0 Å². The quantitative estimate of drug-likeness (QED) is 0.832. The minimum atomic E-state index is -3.21. The van der Waals surface area contributed by atoms with Crippen LogP contribution in [0.15, 0.2) is 23.1 Å². The molecule has 9 heteroatoms. The fraction of sp³-hybridized carbons (Fsp3) is 0.571. The van der Waals surface area contributed by atoms with E-state index in [0.29, 0.717) is 13.1 Å². The van der Waals surface area contributed by atoms with E-state index in [9.17, 15) is 8.42 Å². The van der Waals surface area contributed by atoms with E-state index in [1.54, 1.807) is 13.3 Å². The SMILES string of the molecule is CCS(=O)(=O)NCC1CN(Cc2cc(C)on2)Cc2cncn21. The van der Waals surface area contributed by atoms with Crippen molar-refractivity contribution in [2.75, 3.05) is 18.8 Å². The molecule has 0 spiro atoms. The molecule has 0 aromatic carbocycles. The van der Waals surface area contributed by atoms with Crippen molar-refractivity contribution in [3.8, 4) is 0 Å². The van der Waals surface area contributed by atoms with Gasteiger partial charge in [-0.15, -0.1) is 0 Å². The molecular formula is C14H21N5O3S. The maximum atomic E-state index is 11.7. The van der Waals surface area contributed by atoms with E-state index in [0.717, 1.165) is 30.2 Å². The lowest BCUT2D eigenvalue weighted by Gasteiger charge is -2.34. The molecule has 23 heavy (non-hydrogen) atoms. The lowest BCUT2D eigenvalue weighted by Crippen LogP contribution is -2.42. The number of sulfonamides is 1. The molecule has 1 N–H and O–H groups in total. The van der Waals surface area contributed by atoms with Gasteiger partial charge in [0.25, 0.3) is 0 Å². The molecule has 1 unspecified atom stereocenters. The Labute approximate surface area is 135 Å². The average molecular weight is 339 g/mol. The molecule has 0 saturated heterocycles. The van der Waals surface area contributed by atoms with Gasteiger partial charge in [-0.05, 0) is 13.8 Å². The van der Waals surface area contributed by atoms with Crippen molar-refractivity contribution >= 4 is 10.0 Å². The molecule has 1 atom stereocenters. The molecular weight excluding hydrogens is 318 g/mol. The monoisotopic (exact) mass is 339 g/mol. The molecule has 1 aliphatic rings. The number of nitrogens with one attached hydrogen (secondary N) is 1. The summed E-state index contributed by atoms with van der Waals surface area (Å²) in [4.78, 5) is 6.41. The van der Waals surface area contributed by atoms with E-state index in [1.807, 2.05) is 23.8 Å². The second-order valence-electron chi connectivity index (χ2n) is 5.80. The van der Waals surface area contributed by atoms with Crippen LogP contribution in [0.4, 0.5) is 0 Å². The molecule has 0 amide bonds. The molecule has 2 aromatic rings. The first-order valence-corrected chi connectivity index (χ1v) is 9.24. The minimum Gasteiger partial charge on any atom is -0.361 e. The second kappa shape index (κ2) is 6.42. The summed E-state index contributed by atoms with van der Waals surface area (Å²) in [6.07, 6.45) is 3.58. The van der Waals surface area contributed by atoms with E-state index < -0.39 is 10.0 Å². The van der Waals surface area contributed by atoms with Crippen LogP contribution in [0.3, 0.4) is 0 Å². The third kappa shape index (κ3) is 3.80. The van der Waals surface area contributed by atoms with Crippen LogP contribution in [0.5, 0.6) is 0 Å². The van der Waals surface area contributed by atoms with Gasteiger partial charge in [-0.25, -0.2) is 18.1 Å². The molecule has 0 fully saturated rings. The topological polar surface area (TPSA) is 93.3 Å². The highest BCUT2D eigenvalue weighted by molar-refractivity contribution is 7.89. The van der Waals surface area contributed by atoms with Crippen molar-refractivity contribution in [3.63, 3.8) is 0 Å². The third-order valence-electron chi connectivity index (χ3n) is 3.98. The summed E-state index contributed by atoms with van der Waals surface area (Å²) in [6.45, 7) is 5.99. The third-order valence-corrected chi connectivity index (χ3v) is 5.34. The summed E-state index contributed by atoms with van der Waals surface area (Å²) in [5.41, 5.74) is 1.94. The summed E-state index contributed by atoms with van der Waals surface area (Å²) in [7, 11) is -3.21. The Morgan fingerprint density at radius 2 is 2.30 bits per heavy atom. The van der Waals surface area contributed by atoms with Gasteiger partial charge in [0, 0.05) is 38.4 Å². The van der Waals surface area contributed by atoms with Crippen molar-refractivity contribution < 1.29 is 12.9 Å². The summed E-state index contributed by atoms with van der Waals surface area (Å²) in [5.74, 6) is 0.868. The molecule has 0 bridgehead atoms. The van der Waals surface area contributed by atoms with Gasteiger partial charge in [-0.1, -0.05) is 5.16 Å². The molecule has 0 saturated carbocycles. The molecule has 2 aromatic heterocycles. The molecule has 3 rings (SSSR count). The first kappa shape index (κ1) is 16.2. The Kier molecular flexibility index (Phi) is 4.51. The molecule has 126 valence electrons. The van der Waals surface area contributed by atoms with Gasteiger partial charge in [0.1, 0.15) is 5.76 Å². The number of aryl methyl sites for hydroxylation is 1. The first-order chi connectivity index (χ1) is 11.0. The number of rotatable bonds is 6. The van der Waals surface area contributed by atoms with Crippen LogP contribution < -0.4 is 4.72 Å². The molecule has 1 aliphatic heterocycles. The molecule has 0 radical (unpaired) electrons. The Hall–Kier alpha value is -1.71. The number of hydrogen-bond acceptors (Lipinski definition) is 6. The van der Waals surface area contributed by atoms with E-state index in [2.05, 4.69) is 19.8 Å². The fourth-order valence-corrected chi connectivity index (χ4v) is 3.44. The number of fused-ring (bicyclic) bond motifs is 1. The summed E-state index contributed by atoms with van der Waals surface area (Å²) in [5, 5.41) is 4.03. The summed E-state index contributed by atoms with van der Waals surface area (Å²) < 4.78 is 33.2. The van der Waals surface area contributed by atoms with Gasteiger partial charge in [0.05, 0.1) is 29.5 Å². The highest BCUT2D eigenvalue weighted by Crippen LogP contribution is 2.22. The van der Waals surface area contributed by atoms with Crippen LogP contribution in [-0.4, -0.2) is 46.9 Å². The van der Waals surface area contributed by atoms with Crippen molar-refractivity contribution in [1.82, 2.24) is 24.3 Å². The largest absolute Gasteiger partial charge is 0.361 e. The van der Waals surface area contributed by atoms with Crippen LogP contribution in [-0.2, 0) is 23.1 Å². The Morgan fingerprint density at radius 1 is 1.48 bits per heavy atom. The van der Waals surface area contributed by atoms with Crippen LogP contribution in [0, 0.1) is 6.92 Å². The zero-order chi connectivity index (χ0) is 16.4. The first-order valence-electron chi connectivity index (χ1n) is 7.59. The van der Waals surface area contributed by atoms with Gasteiger partial charge in [0.2, 0.25) is 10.0 Å². The van der Waals surface area contributed by atoms with Gasteiger partial charge in [-0.3, -0.25) is 4.90 Å². The van der Waals surface area contributed by atoms with Gasteiger partial charge in [0.15, 0.2) is 0 Å². The maximum Gasteiger partial charge on any atom is 0.211 e. The number of imidazole rings is 1. The zero-order valence-electron chi connectivity index (χ0n) is 13.3. The highest BCUT2D eigenvalue weighted by Gasteiger charge is 2.26. The van der Waals surface area contributed by atoms with Gasteiger partial charge in [-0.2, -0.15) is 0 Å². The van der Waals surface area contributed by atoms with Crippen molar-refractivity contribution in [2.45, 2.75) is 33.0 Å². The van der Waals surface area contributed by atoms with Crippen molar-refractivity contribution in [1.29, 1.82) is 0 Å². The predicted molar refractivity (Wildman–Crippen MR) is 84.1 cm³/mol. The zero-order valence-corrected chi connectivity index (χ0v) is 14.1. The summed E-state index contributed by atoms with van der Waals surface area (Å²) >= 11 is 0. The van der Waals surface area contributed by atoms with Crippen LogP contribution in [0.1, 0.15) is 30.1 Å². The fourth-order valence-electron chi connectivity index (χ4n) is 2.79. The summed E-state index contributed by atoms with van der Waals surface area (Å²) in [6, 6.07) is 1.93. The Bertz CT molecular complexity index is 767. The van der Waals surface area contributed by atoms with Crippen LogP contribution in [0.25, 0.3) is 0 Å². The van der Waals surface area contributed by atoms with Gasteiger partial charge < -0.3 is 9.09 Å². The van der Waals surface area contributed by atoms with Crippen molar-refractivity contribution in [2.24, 2.45) is 0 Å². The smallest absolute Gasteiger partial charge is 0.211 e. The highest BCUT2D eigenvalue weighted by atomic mass is 32.2. The van der Waals surface area contributed by atoms with Crippen molar-refractivity contribution in [3.05, 3.63) is 35.7 Å². The van der Waals surface area contributed by atoms with E-state index in [-0.39, 0.29) is 11.8 Å². The van der Waals surface area contributed by atoms with Crippen LogP contribution in [0.2, 0.25) is 0 Å². The maximum absolute atomic E-state index is 11.7. The lowest BCUT2D eigenvalue weighted by molar-refractivity contribution is 0.173. The number of aromatic nitrogens is 3.